The van der Waals surface area contributed by atoms with E-state index >= 15 is 0 Å². The SMILES string of the molecule is ClI.Clc1ccc(-c2c(I)c3ccc(Cl)cc3c3ccccc23)c(Br)c1.Clc1ccc(C#Cc2ccc(Cl)cc2-c2ccccc2)c(Br)c1. The molecule has 0 fully saturated rings. The van der Waals surface area contributed by atoms with Gasteiger partial charge in [0.1, 0.15) is 0 Å². The molecular formula is C40H21Br2Cl5I2. The summed E-state index contributed by atoms with van der Waals surface area (Å²) < 4.78 is 3.08. The fraction of sp³-hybridized carbons (Fsp3) is 0. The molecule has 0 saturated carbocycles. The molecule has 0 saturated heterocycles. The third-order valence-corrected chi connectivity index (χ3v) is 10.8. The smallest absolute Gasteiger partial charge is 0.0425 e. The Morgan fingerprint density at radius 1 is 0.449 bits per heavy atom. The normalized spacial score (nSPS) is 10.4. The number of halogens is 9. The van der Waals surface area contributed by atoms with E-state index < -0.39 is 0 Å². The van der Waals surface area contributed by atoms with Crippen molar-refractivity contribution in [2.24, 2.45) is 0 Å². The minimum absolute atomic E-state index is 0.680. The van der Waals surface area contributed by atoms with Crippen LogP contribution in [0.25, 0.3) is 43.8 Å². The molecule has 0 aliphatic carbocycles. The van der Waals surface area contributed by atoms with Gasteiger partial charge < -0.3 is 0 Å². The van der Waals surface area contributed by atoms with Gasteiger partial charge in [0.05, 0.1) is 0 Å². The predicted octanol–water partition coefficient (Wildman–Crippen LogP) is 16.7. The average molecular weight is 1090 g/mol. The van der Waals surface area contributed by atoms with Crippen molar-refractivity contribution in [1.82, 2.24) is 0 Å². The van der Waals surface area contributed by atoms with Gasteiger partial charge in [0, 0.05) is 70.8 Å². The van der Waals surface area contributed by atoms with E-state index in [4.69, 9.17) is 46.4 Å². The Labute approximate surface area is 353 Å². The van der Waals surface area contributed by atoms with Crippen LogP contribution >= 0.6 is 131 Å². The third-order valence-electron chi connectivity index (χ3n) is 7.45. The van der Waals surface area contributed by atoms with Gasteiger partial charge in [-0.05, 0) is 146 Å². The van der Waals surface area contributed by atoms with Crippen LogP contribution < -0.4 is 0 Å². The van der Waals surface area contributed by atoms with E-state index in [1.807, 2.05) is 78.9 Å². The first-order chi connectivity index (χ1) is 23.7. The molecule has 0 amide bonds. The van der Waals surface area contributed by atoms with Crippen molar-refractivity contribution in [3.8, 4) is 34.1 Å². The van der Waals surface area contributed by atoms with E-state index in [9.17, 15) is 0 Å². The number of fused-ring (bicyclic) bond motifs is 3. The van der Waals surface area contributed by atoms with Crippen molar-refractivity contribution in [2.75, 3.05) is 0 Å². The fourth-order valence-electron chi connectivity index (χ4n) is 5.28. The standard InChI is InChI=1S/C20H10BrCl2I.C20H11BrCl2.ClI/c21-18-10-12(23)6-8-16(18)19-14-4-2-1-3-13(14)17-9-11(22)5-7-15(17)20(19)24;21-20-13-18(23)11-9-16(20)7-6-15-8-10-17(22)12-19(15)14-4-2-1-3-5-14;1-2/h1-10H;1-5,8-13H;. The molecule has 0 aliphatic heterocycles. The highest BCUT2D eigenvalue weighted by atomic mass is 127. The lowest BCUT2D eigenvalue weighted by Gasteiger charge is -2.16. The third kappa shape index (κ3) is 9.49. The van der Waals surface area contributed by atoms with Crippen LogP contribution in [0.15, 0.2) is 136 Å². The molecule has 7 rings (SSSR count). The van der Waals surface area contributed by atoms with Gasteiger partial charge in [-0.1, -0.05) is 141 Å². The lowest BCUT2D eigenvalue weighted by Crippen LogP contribution is -1.91. The summed E-state index contributed by atoms with van der Waals surface area (Å²) in [5.74, 6) is 6.42. The number of benzene rings is 7. The Hall–Kier alpha value is -1.51. The summed E-state index contributed by atoms with van der Waals surface area (Å²) in [6.07, 6.45) is 0. The fourth-order valence-corrected chi connectivity index (χ4v) is 8.34. The van der Waals surface area contributed by atoms with E-state index in [1.165, 1.54) is 30.7 Å². The summed E-state index contributed by atoms with van der Waals surface area (Å²) in [6.45, 7) is 0. The van der Waals surface area contributed by atoms with Crippen LogP contribution in [0.1, 0.15) is 11.1 Å². The predicted molar refractivity (Wildman–Crippen MR) is 239 cm³/mol. The first-order valence-electron chi connectivity index (χ1n) is 14.4. The summed E-state index contributed by atoms with van der Waals surface area (Å²) >= 11 is 35.7. The first-order valence-corrected chi connectivity index (χ1v) is 21.3. The van der Waals surface area contributed by atoms with Crippen LogP contribution in [0.5, 0.6) is 0 Å². The monoisotopic (exact) mass is 1090 g/mol. The molecule has 0 bridgehead atoms. The van der Waals surface area contributed by atoms with Crippen molar-refractivity contribution >= 4 is 153 Å². The first kappa shape index (κ1) is 38.7. The van der Waals surface area contributed by atoms with Crippen molar-refractivity contribution in [1.29, 1.82) is 0 Å². The van der Waals surface area contributed by atoms with Crippen LogP contribution in [0.4, 0.5) is 0 Å². The summed E-state index contributed by atoms with van der Waals surface area (Å²) in [7, 11) is 4.61. The molecule has 49 heavy (non-hydrogen) atoms. The Morgan fingerprint density at radius 2 is 0.980 bits per heavy atom. The van der Waals surface area contributed by atoms with Gasteiger partial charge in [0.2, 0.25) is 0 Å². The Balaban J connectivity index is 0.000000182. The Kier molecular flexibility index (Phi) is 14.5. The molecule has 0 aliphatic rings. The van der Waals surface area contributed by atoms with E-state index in [0.29, 0.717) is 10.0 Å². The zero-order valence-corrected chi connectivity index (χ0v) is 36.3. The molecule has 0 atom stereocenters. The van der Waals surface area contributed by atoms with Crippen LogP contribution in [0.2, 0.25) is 20.1 Å². The van der Waals surface area contributed by atoms with Gasteiger partial charge >= 0.3 is 0 Å². The van der Waals surface area contributed by atoms with Crippen LogP contribution in [0, 0.1) is 15.4 Å². The number of hydrogen-bond donors (Lipinski definition) is 0. The summed E-state index contributed by atoms with van der Waals surface area (Å²) in [4.78, 5) is 0. The van der Waals surface area contributed by atoms with Crippen molar-refractivity contribution in [3.05, 3.63) is 171 Å². The molecule has 0 aromatic heterocycles. The van der Waals surface area contributed by atoms with Gasteiger partial charge in [-0.25, -0.2) is 0 Å². The second-order valence-electron chi connectivity index (χ2n) is 10.5. The second kappa shape index (κ2) is 18.3. The highest BCUT2D eigenvalue weighted by Crippen LogP contribution is 2.43. The Bertz CT molecular complexity index is 2350. The molecule has 0 spiro atoms. The zero-order chi connectivity index (χ0) is 35.1. The van der Waals surface area contributed by atoms with E-state index in [1.54, 1.807) is 21.5 Å². The largest absolute Gasteiger partial charge is 0.0843 e. The maximum Gasteiger partial charge on any atom is 0.0425 e. The highest BCUT2D eigenvalue weighted by Gasteiger charge is 2.16. The van der Waals surface area contributed by atoms with Crippen LogP contribution in [0.3, 0.4) is 0 Å². The van der Waals surface area contributed by atoms with Gasteiger partial charge in [0.15, 0.2) is 0 Å². The van der Waals surface area contributed by atoms with Crippen LogP contribution in [-0.4, -0.2) is 0 Å². The molecular weight excluding hydrogens is 1070 g/mol. The highest BCUT2D eigenvalue weighted by molar-refractivity contribution is 14.1. The molecule has 0 unspecified atom stereocenters. The van der Waals surface area contributed by atoms with Crippen molar-refractivity contribution < 1.29 is 0 Å². The van der Waals surface area contributed by atoms with Gasteiger partial charge in [-0.3, -0.25) is 0 Å². The molecule has 7 aromatic carbocycles. The lowest BCUT2D eigenvalue weighted by atomic mass is 9.93. The van der Waals surface area contributed by atoms with Gasteiger partial charge in [-0.2, -0.15) is 0 Å². The maximum atomic E-state index is 6.25. The Morgan fingerprint density at radius 3 is 1.65 bits per heavy atom. The summed E-state index contributed by atoms with van der Waals surface area (Å²) in [5, 5.41) is 7.64. The maximum absolute atomic E-state index is 6.25. The molecule has 0 radical (unpaired) electrons. The van der Waals surface area contributed by atoms with E-state index in [2.05, 4.69) is 124 Å². The van der Waals surface area contributed by atoms with Crippen molar-refractivity contribution in [2.45, 2.75) is 0 Å². The lowest BCUT2D eigenvalue weighted by molar-refractivity contribution is 1.57. The molecule has 244 valence electrons. The summed E-state index contributed by atoms with van der Waals surface area (Å²) in [6, 6.07) is 41.9. The summed E-state index contributed by atoms with van der Waals surface area (Å²) in [5.41, 5.74) is 6.29. The van der Waals surface area contributed by atoms with E-state index in [0.717, 1.165) is 46.8 Å². The molecule has 7 aromatic rings. The second-order valence-corrected chi connectivity index (χ2v) is 15.0. The molecule has 0 nitrogen and oxygen atoms in total. The molecule has 0 N–H and O–H groups in total. The molecule has 0 heterocycles. The quantitative estimate of drug-likeness (QED) is 0.0920. The zero-order valence-electron chi connectivity index (χ0n) is 25.0. The number of rotatable bonds is 2. The number of hydrogen-bond acceptors (Lipinski definition) is 0. The minimum atomic E-state index is 0.680. The van der Waals surface area contributed by atoms with Gasteiger partial charge in [0.25, 0.3) is 0 Å². The van der Waals surface area contributed by atoms with Crippen LogP contribution in [-0.2, 0) is 0 Å². The minimum Gasteiger partial charge on any atom is -0.0843 e. The average Bonchev–Trinajstić information content (AvgIpc) is 3.11. The van der Waals surface area contributed by atoms with Gasteiger partial charge in [-0.15, -0.1) is 0 Å². The van der Waals surface area contributed by atoms with E-state index in [-0.39, 0.29) is 0 Å². The molecule has 9 heteroatoms. The topological polar surface area (TPSA) is 0 Å². The van der Waals surface area contributed by atoms with Crippen molar-refractivity contribution in [3.63, 3.8) is 0 Å².